The molecule has 3 rings (SSSR count). The molecule has 1 amide bonds. The number of nitrogens with one attached hydrogen (secondary N) is 1. The number of amides is 1. The first-order valence-corrected chi connectivity index (χ1v) is 9.64. The van der Waals surface area contributed by atoms with E-state index in [1.807, 2.05) is 17.6 Å². The molecule has 0 aromatic carbocycles. The van der Waals surface area contributed by atoms with E-state index in [0.29, 0.717) is 5.13 Å². The van der Waals surface area contributed by atoms with Gasteiger partial charge in [-0.3, -0.25) is 10.1 Å². The van der Waals surface area contributed by atoms with Crippen LogP contribution in [0.1, 0.15) is 17.6 Å². The van der Waals surface area contributed by atoms with Crippen LogP contribution in [0.25, 0.3) is 0 Å². The fraction of sp³-hybridized carbons (Fsp3) is 0.308. The molecule has 3 aromatic heterocycles. The highest BCUT2D eigenvalue weighted by Gasteiger charge is 2.14. The lowest BCUT2D eigenvalue weighted by molar-refractivity contribution is -0.113. The molecule has 0 spiro atoms. The first-order valence-electron chi connectivity index (χ1n) is 6.89. The predicted molar refractivity (Wildman–Crippen MR) is 92.1 cm³/mol. The summed E-state index contributed by atoms with van der Waals surface area (Å²) in [7, 11) is 0. The van der Waals surface area contributed by atoms with Crippen LogP contribution in [0, 0.1) is 0 Å². The van der Waals surface area contributed by atoms with Gasteiger partial charge in [-0.25, -0.2) is 0 Å². The van der Waals surface area contributed by atoms with E-state index >= 15 is 0 Å². The van der Waals surface area contributed by atoms with E-state index in [1.54, 1.807) is 16.8 Å². The molecule has 0 saturated carbocycles. The lowest BCUT2D eigenvalue weighted by Gasteiger charge is -2.06. The van der Waals surface area contributed by atoms with Crippen molar-refractivity contribution in [3.8, 4) is 0 Å². The zero-order valence-corrected chi connectivity index (χ0v) is 14.7. The standard InChI is InChI=1S/C13H14N6OS3/c1-2-19-10(6-9-4-3-5-21-9)16-18-13(19)22-7-11(20)15-12-17-14-8-23-12/h3-5,8H,2,6-7H2,1H3,(H,15,17,20). The van der Waals surface area contributed by atoms with Crippen LogP contribution < -0.4 is 5.32 Å². The maximum Gasteiger partial charge on any atom is 0.236 e. The van der Waals surface area contributed by atoms with Crippen molar-refractivity contribution >= 4 is 45.5 Å². The zero-order valence-electron chi connectivity index (χ0n) is 12.3. The second kappa shape index (κ2) is 7.66. The van der Waals surface area contributed by atoms with Crippen LogP contribution in [0.2, 0.25) is 0 Å². The minimum atomic E-state index is -0.128. The van der Waals surface area contributed by atoms with Crippen LogP contribution >= 0.6 is 34.4 Å². The summed E-state index contributed by atoms with van der Waals surface area (Å²) in [4.78, 5) is 13.1. The molecule has 7 nitrogen and oxygen atoms in total. The van der Waals surface area contributed by atoms with E-state index in [0.717, 1.165) is 23.9 Å². The van der Waals surface area contributed by atoms with Gasteiger partial charge in [0.1, 0.15) is 11.3 Å². The monoisotopic (exact) mass is 366 g/mol. The lowest BCUT2D eigenvalue weighted by Crippen LogP contribution is -2.14. The van der Waals surface area contributed by atoms with Crippen molar-refractivity contribution < 1.29 is 4.79 Å². The number of carbonyl (C=O) groups is 1. The van der Waals surface area contributed by atoms with Gasteiger partial charge in [-0.1, -0.05) is 29.2 Å². The fourth-order valence-electron chi connectivity index (χ4n) is 1.96. The first kappa shape index (κ1) is 16.1. The summed E-state index contributed by atoms with van der Waals surface area (Å²) >= 11 is 4.37. The van der Waals surface area contributed by atoms with Crippen LogP contribution in [0.5, 0.6) is 0 Å². The maximum absolute atomic E-state index is 11.9. The summed E-state index contributed by atoms with van der Waals surface area (Å²) in [5.41, 5.74) is 1.58. The average molecular weight is 366 g/mol. The number of hydrogen-bond donors (Lipinski definition) is 1. The molecular weight excluding hydrogens is 352 g/mol. The van der Waals surface area contributed by atoms with E-state index < -0.39 is 0 Å². The number of nitrogens with zero attached hydrogens (tertiary/aromatic N) is 5. The third-order valence-electron chi connectivity index (χ3n) is 2.96. The number of rotatable bonds is 7. The van der Waals surface area contributed by atoms with Crippen LogP contribution in [0.3, 0.4) is 0 Å². The molecule has 0 saturated heterocycles. The Morgan fingerprint density at radius 3 is 2.96 bits per heavy atom. The Kier molecular flexibility index (Phi) is 5.36. The summed E-state index contributed by atoms with van der Waals surface area (Å²) in [6, 6.07) is 4.11. The highest BCUT2D eigenvalue weighted by atomic mass is 32.2. The number of thiophene rings is 1. The molecule has 0 unspecified atom stereocenters. The van der Waals surface area contributed by atoms with Gasteiger partial charge in [-0.2, -0.15) is 0 Å². The average Bonchev–Trinajstić information content (AvgIpc) is 3.27. The lowest BCUT2D eigenvalue weighted by atomic mass is 10.3. The van der Waals surface area contributed by atoms with Gasteiger partial charge in [0.25, 0.3) is 0 Å². The second-order valence-electron chi connectivity index (χ2n) is 4.48. The molecule has 0 aliphatic carbocycles. The molecule has 3 aromatic rings. The Bertz CT molecular complexity index is 753. The third-order valence-corrected chi connectivity index (χ3v) is 5.41. The number of anilines is 1. The van der Waals surface area contributed by atoms with Crippen molar-refractivity contribution in [2.75, 3.05) is 11.1 Å². The number of carbonyl (C=O) groups excluding carboxylic acids is 1. The molecule has 3 heterocycles. The molecule has 0 atom stereocenters. The molecule has 0 fully saturated rings. The SMILES string of the molecule is CCn1c(Cc2cccs2)nnc1SCC(=O)Nc1nncs1. The number of thioether (sulfide) groups is 1. The Morgan fingerprint density at radius 1 is 1.35 bits per heavy atom. The van der Waals surface area contributed by atoms with E-state index in [9.17, 15) is 4.79 Å². The summed E-state index contributed by atoms with van der Waals surface area (Å²) in [6.07, 6.45) is 0.760. The summed E-state index contributed by atoms with van der Waals surface area (Å²) in [6.45, 7) is 2.82. The van der Waals surface area contributed by atoms with Crippen molar-refractivity contribution in [2.45, 2.75) is 25.0 Å². The van der Waals surface area contributed by atoms with Gasteiger partial charge in [0.15, 0.2) is 5.16 Å². The zero-order chi connectivity index (χ0) is 16.1. The van der Waals surface area contributed by atoms with Crippen LogP contribution in [0.4, 0.5) is 5.13 Å². The van der Waals surface area contributed by atoms with Gasteiger partial charge < -0.3 is 4.57 Å². The first-order chi connectivity index (χ1) is 11.3. The van der Waals surface area contributed by atoms with E-state index in [-0.39, 0.29) is 11.7 Å². The van der Waals surface area contributed by atoms with Gasteiger partial charge >= 0.3 is 0 Å². The highest BCUT2D eigenvalue weighted by molar-refractivity contribution is 7.99. The van der Waals surface area contributed by atoms with E-state index in [2.05, 4.69) is 37.2 Å². The minimum Gasteiger partial charge on any atom is -0.306 e. The minimum absolute atomic E-state index is 0.128. The van der Waals surface area contributed by atoms with Gasteiger partial charge in [-0.05, 0) is 18.4 Å². The van der Waals surface area contributed by atoms with Crippen molar-refractivity contribution in [1.82, 2.24) is 25.0 Å². The fourth-order valence-corrected chi connectivity index (χ4v) is 3.94. The molecule has 0 aliphatic rings. The summed E-state index contributed by atoms with van der Waals surface area (Å²) in [5, 5.41) is 22.0. The van der Waals surface area contributed by atoms with E-state index in [1.165, 1.54) is 28.0 Å². The van der Waals surface area contributed by atoms with Gasteiger partial charge in [0.2, 0.25) is 11.0 Å². The quantitative estimate of drug-likeness (QED) is 0.647. The van der Waals surface area contributed by atoms with Crippen LogP contribution in [-0.4, -0.2) is 36.6 Å². The van der Waals surface area contributed by atoms with Gasteiger partial charge in [-0.15, -0.1) is 31.7 Å². The molecule has 10 heteroatoms. The summed E-state index contributed by atoms with van der Waals surface area (Å²) < 4.78 is 2.04. The van der Waals surface area contributed by atoms with E-state index in [4.69, 9.17) is 0 Å². The Balaban J connectivity index is 1.61. The molecule has 23 heavy (non-hydrogen) atoms. The van der Waals surface area contributed by atoms with Gasteiger partial charge in [0.05, 0.1) is 5.75 Å². The summed E-state index contributed by atoms with van der Waals surface area (Å²) in [5.74, 6) is 1.05. The Labute approximate surface area is 145 Å². The van der Waals surface area contributed by atoms with Crippen molar-refractivity contribution in [3.63, 3.8) is 0 Å². The topological polar surface area (TPSA) is 85.6 Å². The number of aromatic nitrogens is 5. The van der Waals surface area contributed by atoms with Crippen molar-refractivity contribution in [1.29, 1.82) is 0 Å². The Morgan fingerprint density at radius 2 is 2.26 bits per heavy atom. The van der Waals surface area contributed by atoms with Crippen molar-refractivity contribution in [3.05, 3.63) is 33.7 Å². The normalized spacial score (nSPS) is 10.8. The molecule has 120 valence electrons. The van der Waals surface area contributed by atoms with Crippen LogP contribution in [0.15, 0.2) is 28.2 Å². The van der Waals surface area contributed by atoms with Crippen LogP contribution in [-0.2, 0) is 17.8 Å². The molecule has 1 N–H and O–H groups in total. The number of hydrogen-bond acceptors (Lipinski definition) is 8. The highest BCUT2D eigenvalue weighted by Crippen LogP contribution is 2.20. The van der Waals surface area contributed by atoms with Crippen molar-refractivity contribution in [2.24, 2.45) is 0 Å². The Hall–Kier alpha value is -1.78. The molecule has 0 bridgehead atoms. The second-order valence-corrected chi connectivity index (χ2v) is 7.29. The largest absolute Gasteiger partial charge is 0.306 e. The predicted octanol–water partition coefficient (Wildman–Crippen LogP) is 2.53. The molecular formula is C13H14N6OS3. The maximum atomic E-state index is 11.9. The smallest absolute Gasteiger partial charge is 0.236 e. The molecule has 0 radical (unpaired) electrons. The third kappa shape index (κ3) is 4.15. The molecule has 0 aliphatic heterocycles. The van der Waals surface area contributed by atoms with Gasteiger partial charge in [0, 0.05) is 17.8 Å².